The number of alkyl carbamates (subject to hydrolysis) is 1. The lowest BCUT2D eigenvalue weighted by Crippen LogP contribution is -2.48. The number of rotatable bonds is 71. The first kappa shape index (κ1) is 137. The van der Waals surface area contributed by atoms with Gasteiger partial charge in [0.1, 0.15) is 28.4 Å². The van der Waals surface area contributed by atoms with E-state index in [1.54, 1.807) is 65.8 Å². The number of unbranched alkanes of at least 4 members (excludes halogenated alkanes) is 26. The Morgan fingerprint density at radius 3 is 0.820 bits per heavy atom. The number of nitrogens with zero attached hydrogens (tertiary/aromatic N) is 1. The van der Waals surface area contributed by atoms with E-state index in [2.05, 4.69) is 69.2 Å². The third-order valence-corrected chi connectivity index (χ3v) is 20.4. The number of ether oxygens (including phenoxy) is 13. The van der Waals surface area contributed by atoms with Crippen molar-refractivity contribution in [2.75, 3.05) is 85.6 Å². The highest BCUT2D eigenvalue weighted by molar-refractivity contribution is 6.02. The molecule has 1 atom stereocenters. The zero-order chi connectivity index (χ0) is 112. The van der Waals surface area contributed by atoms with E-state index in [4.69, 9.17) is 136 Å². The van der Waals surface area contributed by atoms with E-state index < -0.39 is 65.1 Å². The largest absolute Gasteiger partial charge is 0.490 e. The van der Waals surface area contributed by atoms with Gasteiger partial charge in [-0.1, -0.05) is 32.1 Å². The summed E-state index contributed by atoms with van der Waals surface area (Å²) in [6.45, 7) is 27.5. The monoisotopic (exact) mass is 2090 g/mol. The SMILES string of the molecule is C#CCCCCOc1cc(C(=O)NCCCCCCC(=O)OC(C)(C)C)cc(OCCCCC#C)c1OCCCCC#C.C#CCCCCOc1cc(C(=O)NCCCCCN)cc(OCCCCC#C)c1OCCCCC#C.C#CCCCCOc1cc(C(=O)O)cc(OCCCCC#C)c1OCCCCC#C.CC(C)(C)OC(=O)CCCCCCN.CC(C)(C)OC(=O)C[C@@H](NC(=O)OC(C)(C)C)C(=O)ON1C(=O)CCC1=O. The molecule has 1 aliphatic rings. The Kier molecular flexibility index (Phi) is 76.8. The Morgan fingerprint density at radius 1 is 0.327 bits per heavy atom. The second-order valence-electron chi connectivity index (χ2n) is 38.9. The number of aromatic carboxylic acids is 1. The summed E-state index contributed by atoms with van der Waals surface area (Å²) in [4.78, 5) is 125. The minimum atomic E-state index is -1.50. The number of carbonyl (C=O) groups excluding carboxylic acids is 9. The molecule has 3 aromatic rings. The smallest absolute Gasteiger partial charge is 0.408 e. The highest BCUT2D eigenvalue weighted by Crippen LogP contribution is 2.43. The molecule has 0 aromatic heterocycles. The molecule has 1 saturated heterocycles. The molecule has 0 bridgehead atoms. The van der Waals surface area contributed by atoms with Crippen LogP contribution in [0.4, 0.5) is 4.79 Å². The molecule has 828 valence electrons. The minimum absolute atomic E-state index is 0.0759. The van der Waals surface area contributed by atoms with Crippen molar-refractivity contribution in [1.29, 1.82) is 0 Å². The summed E-state index contributed by atoms with van der Waals surface area (Å²) in [6.07, 6.45) is 78.3. The van der Waals surface area contributed by atoms with E-state index in [0.717, 1.165) is 193 Å². The topological polar surface area (TPSA) is 412 Å². The molecule has 3 aromatic carbocycles. The molecular formula is C119H172N6O25. The third-order valence-electron chi connectivity index (χ3n) is 20.4. The number of carboxylic acid groups (broad SMARTS) is 1. The molecular weight excluding hydrogens is 1910 g/mol. The molecule has 8 N–H and O–H groups in total. The van der Waals surface area contributed by atoms with E-state index in [1.165, 1.54) is 12.1 Å². The van der Waals surface area contributed by atoms with Gasteiger partial charge in [0.15, 0.2) is 34.5 Å². The predicted molar refractivity (Wildman–Crippen MR) is 585 cm³/mol. The van der Waals surface area contributed by atoms with Crippen molar-refractivity contribution < 1.29 is 119 Å². The van der Waals surface area contributed by atoms with Crippen LogP contribution in [0.3, 0.4) is 0 Å². The molecule has 0 spiro atoms. The van der Waals surface area contributed by atoms with Gasteiger partial charge in [-0.15, -0.1) is 116 Å². The number of nitrogens with one attached hydrogen (secondary N) is 3. The second-order valence-corrected chi connectivity index (χ2v) is 38.9. The van der Waals surface area contributed by atoms with E-state index in [0.29, 0.717) is 218 Å². The number of carboxylic acids is 1. The molecule has 0 aliphatic carbocycles. The number of terminal acetylenes is 9. The van der Waals surface area contributed by atoms with Gasteiger partial charge in [-0.25, -0.2) is 14.4 Å². The number of imide groups is 1. The molecule has 0 unspecified atom stereocenters. The van der Waals surface area contributed by atoms with Crippen LogP contribution in [0.2, 0.25) is 0 Å². The van der Waals surface area contributed by atoms with Crippen LogP contribution in [-0.4, -0.2) is 184 Å². The zero-order valence-electron chi connectivity index (χ0n) is 91.7. The van der Waals surface area contributed by atoms with Crippen molar-refractivity contribution in [3.05, 3.63) is 53.1 Å². The van der Waals surface area contributed by atoms with Crippen molar-refractivity contribution in [2.24, 2.45) is 11.5 Å². The van der Waals surface area contributed by atoms with Gasteiger partial charge in [-0.3, -0.25) is 33.6 Å². The van der Waals surface area contributed by atoms with Crippen LogP contribution in [0, 0.1) is 111 Å². The summed E-state index contributed by atoms with van der Waals surface area (Å²) in [5.41, 5.74) is 9.41. The molecule has 1 aliphatic heterocycles. The van der Waals surface area contributed by atoms with Gasteiger partial charge < -0.3 is 98.9 Å². The summed E-state index contributed by atoms with van der Waals surface area (Å²) in [5.74, 6) is 22.6. The fraction of sp³-hybridized carbons (Fsp3) is 0.613. The maximum Gasteiger partial charge on any atom is 0.408 e. The van der Waals surface area contributed by atoms with Crippen LogP contribution in [0.5, 0.6) is 51.7 Å². The fourth-order valence-corrected chi connectivity index (χ4v) is 13.1. The highest BCUT2D eigenvalue weighted by Gasteiger charge is 2.38. The predicted octanol–water partition coefficient (Wildman–Crippen LogP) is 20.7. The number of esters is 3. The summed E-state index contributed by atoms with van der Waals surface area (Å²) in [6, 6.07) is 8.28. The second kappa shape index (κ2) is 84.3. The quantitative estimate of drug-likeness (QED) is 0.0100. The molecule has 4 rings (SSSR count). The maximum absolute atomic E-state index is 13.1. The van der Waals surface area contributed by atoms with E-state index >= 15 is 0 Å². The third kappa shape index (κ3) is 72.0. The number of hydrogen-bond donors (Lipinski definition) is 6. The van der Waals surface area contributed by atoms with Crippen LogP contribution in [-0.2, 0) is 52.6 Å². The van der Waals surface area contributed by atoms with Crippen molar-refractivity contribution in [1.82, 2.24) is 21.0 Å². The lowest BCUT2D eigenvalue weighted by molar-refractivity contribution is -0.199. The highest BCUT2D eigenvalue weighted by atomic mass is 16.7. The van der Waals surface area contributed by atoms with Crippen LogP contribution >= 0.6 is 0 Å². The summed E-state index contributed by atoms with van der Waals surface area (Å²) >= 11 is 0. The average Bonchev–Trinajstić information content (AvgIpc) is 1.27. The van der Waals surface area contributed by atoms with Gasteiger partial charge in [-0.05, 0) is 287 Å². The molecule has 150 heavy (non-hydrogen) atoms. The Morgan fingerprint density at radius 2 is 0.567 bits per heavy atom. The number of benzene rings is 3. The van der Waals surface area contributed by atoms with Crippen LogP contribution in [0.1, 0.15) is 390 Å². The first-order valence-electron chi connectivity index (χ1n) is 52.7. The number of nitrogens with two attached hydrogens (primary N) is 2. The van der Waals surface area contributed by atoms with Gasteiger partial charge in [0.05, 0.1) is 71.4 Å². The summed E-state index contributed by atoms with van der Waals surface area (Å²) in [7, 11) is 0. The maximum atomic E-state index is 13.1. The molecule has 1 fully saturated rings. The number of hydroxylamine groups is 2. The number of amides is 5. The summed E-state index contributed by atoms with van der Waals surface area (Å²) < 4.78 is 74.9. The van der Waals surface area contributed by atoms with Gasteiger partial charge in [0.2, 0.25) is 17.2 Å². The minimum Gasteiger partial charge on any atom is -0.490 e. The van der Waals surface area contributed by atoms with Crippen molar-refractivity contribution in [2.45, 2.75) is 388 Å². The zero-order valence-corrected chi connectivity index (χ0v) is 91.7. The van der Waals surface area contributed by atoms with Gasteiger partial charge >= 0.3 is 35.9 Å². The summed E-state index contributed by atoms with van der Waals surface area (Å²) in [5, 5.41) is 18.0. The van der Waals surface area contributed by atoms with Crippen LogP contribution < -0.4 is 70.0 Å². The lowest BCUT2D eigenvalue weighted by Gasteiger charge is -2.24. The number of carbonyl (C=O) groups is 10. The first-order valence-corrected chi connectivity index (χ1v) is 52.7. The van der Waals surface area contributed by atoms with Gasteiger partial charge in [-0.2, -0.15) is 0 Å². The van der Waals surface area contributed by atoms with Crippen LogP contribution in [0.15, 0.2) is 36.4 Å². The molecule has 31 heteroatoms. The molecule has 31 nitrogen and oxygen atoms in total. The average molecular weight is 2090 g/mol. The van der Waals surface area contributed by atoms with Gasteiger partial charge in [0.25, 0.3) is 23.6 Å². The van der Waals surface area contributed by atoms with Gasteiger partial charge in [0, 0.05) is 108 Å². The van der Waals surface area contributed by atoms with Crippen molar-refractivity contribution in [3.63, 3.8) is 0 Å². The van der Waals surface area contributed by atoms with Crippen molar-refractivity contribution in [3.8, 4) is 163 Å². The van der Waals surface area contributed by atoms with E-state index in [-0.39, 0.29) is 47.8 Å². The lowest BCUT2D eigenvalue weighted by atomic mass is 10.1. The molecule has 5 amide bonds. The fourth-order valence-electron chi connectivity index (χ4n) is 13.1. The first-order chi connectivity index (χ1) is 71.6. The molecule has 0 radical (unpaired) electrons. The normalized spacial score (nSPS) is 11.4. The Balaban J connectivity index is 0.00000191. The Hall–Kier alpha value is -13.5. The molecule has 1 heterocycles. The molecule has 0 saturated carbocycles. The Labute approximate surface area is 895 Å². The number of hydrogen-bond acceptors (Lipinski definition) is 26. The van der Waals surface area contributed by atoms with E-state index in [1.807, 2.05) is 41.5 Å². The van der Waals surface area contributed by atoms with Crippen molar-refractivity contribution >= 4 is 59.6 Å². The Bertz CT molecular complexity index is 4670. The van der Waals surface area contributed by atoms with Crippen LogP contribution in [0.25, 0.3) is 0 Å². The van der Waals surface area contributed by atoms with E-state index in [9.17, 15) is 53.1 Å². The standard InChI is InChI=1S/C36H51NO6.C30H42N2O4.C25H30O5.C17H26N2O8.C11H23NO2/c1-7-10-13-20-25-40-31-28-30(35(39)37-24-19-17-16-18-23-33(38)43-36(4,5)6)29-32(41-26-21-14-11-8-2)34(31)42-27-22-15-12-9-3;1-4-7-10-16-21-34-27-24-26(30(33)32-20-15-13-14-19-31)25-28(35-22-17-11-8-5-2)29(27)36-23-18-12-9-6-3;1-4-7-10-13-16-28-22-19-21(25(26)27)20-23(29-17-14-11-8-5-2)24(22)30-18-15-12-9-6-3;1-16(2,3)25-13(22)9-10(18-15(24)26-17(4,5)6)14(23)27-19-11(20)7-8-12(19)21;1-11(2,3)14-10(13)8-6-4-5-7-9-12/h1-3,28-29H,10-27H2,4-6H3,(H,37,39);1-3,24-25H,7-23,31H2,(H,32,33);1-3,19-20H,7-18H2,(H,26,27);10H,7-9H2,1-6H3,(H,18,24);4-9,12H2,1-3H3/t;;;10-;/m...1./s1.